The molecule has 3 heteroatoms. The first kappa shape index (κ1) is 8.51. The zero-order valence-electron chi connectivity index (χ0n) is 7.89. The maximum absolute atomic E-state index is 11.5. The third kappa shape index (κ3) is 1.11. The summed E-state index contributed by atoms with van der Waals surface area (Å²) in [5.74, 6) is 0. The van der Waals surface area contributed by atoms with Crippen molar-refractivity contribution in [1.82, 2.24) is 4.98 Å². The highest BCUT2D eigenvalue weighted by molar-refractivity contribution is 7.13. The second kappa shape index (κ2) is 2.70. The van der Waals surface area contributed by atoms with E-state index >= 15 is 0 Å². The van der Waals surface area contributed by atoms with E-state index in [9.17, 15) is 4.79 Å². The van der Waals surface area contributed by atoms with Crippen molar-refractivity contribution in [3.63, 3.8) is 0 Å². The van der Waals surface area contributed by atoms with Gasteiger partial charge in [0.25, 0.3) is 5.56 Å². The lowest BCUT2D eigenvalue weighted by molar-refractivity contribution is 1.24. The molecule has 0 aliphatic heterocycles. The maximum Gasteiger partial charge on any atom is 0.256 e. The second-order valence-corrected chi connectivity index (χ2v) is 4.69. The Hall–Kier alpha value is -1.09. The summed E-state index contributed by atoms with van der Waals surface area (Å²) >= 11 is 1.69. The number of aromatic nitrogens is 1. The number of nitrogens with one attached hydrogen (secondary N) is 1. The van der Waals surface area contributed by atoms with Gasteiger partial charge in [0.05, 0.1) is 5.39 Å². The first-order chi connectivity index (χ1) is 6.11. The van der Waals surface area contributed by atoms with Crippen LogP contribution in [0.25, 0.3) is 10.8 Å². The summed E-state index contributed by atoms with van der Waals surface area (Å²) in [6, 6.07) is 0. The van der Waals surface area contributed by atoms with Crippen molar-refractivity contribution in [2.24, 2.45) is 0 Å². The zero-order chi connectivity index (χ0) is 9.59. The summed E-state index contributed by atoms with van der Waals surface area (Å²) in [5.41, 5.74) is 1.18. The van der Waals surface area contributed by atoms with Gasteiger partial charge in [0, 0.05) is 21.3 Å². The van der Waals surface area contributed by atoms with Gasteiger partial charge < -0.3 is 4.98 Å². The van der Waals surface area contributed by atoms with Crippen LogP contribution in [0.2, 0.25) is 0 Å². The van der Waals surface area contributed by atoms with Crippen LogP contribution in [0.1, 0.15) is 15.3 Å². The van der Waals surface area contributed by atoms with Gasteiger partial charge in [-0.15, -0.1) is 11.3 Å². The molecule has 0 amide bonds. The predicted molar refractivity (Wildman–Crippen MR) is 56.7 cm³/mol. The molecule has 0 radical (unpaired) electrons. The Morgan fingerprint density at radius 2 is 1.77 bits per heavy atom. The molecule has 2 aromatic heterocycles. The van der Waals surface area contributed by atoms with Crippen molar-refractivity contribution < 1.29 is 0 Å². The van der Waals surface area contributed by atoms with Crippen molar-refractivity contribution in [3.8, 4) is 0 Å². The van der Waals surface area contributed by atoms with Crippen LogP contribution in [0.4, 0.5) is 0 Å². The lowest BCUT2D eigenvalue weighted by atomic mass is 10.1. The van der Waals surface area contributed by atoms with Crippen LogP contribution in [-0.4, -0.2) is 4.98 Å². The van der Waals surface area contributed by atoms with Crippen LogP contribution in [0.15, 0.2) is 11.0 Å². The van der Waals surface area contributed by atoms with Gasteiger partial charge in [0.2, 0.25) is 0 Å². The number of rotatable bonds is 0. The Labute approximate surface area is 80.2 Å². The maximum atomic E-state index is 11.5. The van der Waals surface area contributed by atoms with E-state index in [0.29, 0.717) is 0 Å². The molecular weight excluding hydrogens is 182 g/mol. The van der Waals surface area contributed by atoms with Crippen molar-refractivity contribution in [3.05, 3.63) is 31.9 Å². The number of pyridine rings is 1. The average molecular weight is 193 g/mol. The Kier molecular flexibility index (Phi) is 1.77. The third-order valence-corrected chi connectivity index (χ3v) is 3.32. The number of hydrogen-bond acceptors (Lipinski definition) is 2. The Morgan fingerprint density at radius 1 is 1.15 bits per heavy atom. The van der Waals surface area contributed by atoms with Gasteiger partial charge in [-0.1, -0.05) is 0 Å². The molecule has 0 aliphatic carbocycles. The fourth-order valence-electron chi connectivity index (χ4n) is 1.75. The second-order valence-electron chi connectivity index (χ2n) is 3.27. The highest BCUT2D eigenvalue weighted by atomic mass is 32.1. The number of H-pyrrole nitrogens is 1. The lowest BCUT2D eigenvalue weighted by Crippen LogP contribution is -2.05. The molecule has 2 aromatic rings. The molecule has 1 N–H and O–H groups in total. The molecule has 0 aromatic carbocycles. The van der Waals surface area contributed by atoms with Crippen molar-refractivity contribution in [1.29, 1.82) is 0 Å². The summed E-state index contributed by atoms with van der Waals surface area (Å²) in [7, 11) is 0. The Balaban J connectivity index is 3.12. The molecule has 2 rings (SSSR count). The van der Waals surface area contributed by atoms with Gasteiger partial charge >= 0.3 is 0 Å². The topological polar surface area (TPSA) is 32.9 Å². The number of hydrogen-bond donors (Lipinski definition) is 1. The number of fused-ring (bicyclic) bond motifs is 1. The molecule has 0 bridgehead atoms. The smallest absolute Gasteiger partial charge is 0.256 e. The minimum Gasteiger partial charge on any atom is -0.328 e. The van der Waals surface area contributed by atoms with Crippen LogP contribution in [0, 0.1) is 20.8 Å². The van der Waals surface area contributed by atoms with Crippen LogP contribution in [0.5, 0.6) is 0 Å². The highest BCUT2D eigenvalue weighted by Gasteiger charge is 2.09. The van der Waals surface area contributed by atoms with Crippen LogP contribution < -0.4 is 5.56 Å². The first-order valence-electron chi connectivity index (χ1n) is 4.19. The summed E-state index contributed by atoms with van der Waals surface area (Å²) in [6.45, 7) is 6.08. The molecule has 0 fully saturated rings. The van der Waals surface area contributed by atoms with Gasteiger partial charge in [-0.2, -0.15) is 0 Å². The SMILES string of the molecule is Cc1c[nH]c(=O)c2c(C)sc(C)c12. The van der Waals surface area contributed by atoms with Crippen molar-refractivity contribution in [2.45, 2.75) is 20.8 Å². The Bertz CT molecular complexity index is 521. The van der Waals surface area contributed by atoms with Gasteiger partial charge in [-0.3, -0.25) is 4.79 Å². The zero-order valence-corrected chi connectivity index (χ0v) is 8.71. The summed E-state index contributed by atoms with van der Waals surface area (Å²) in [5, 5.41) is 1.99. The van der Waals surface area contributed by atoms with E-state index in [0.717, 1.165) is 21.2 Å². The van der Waals surface area contributed by atoms with E-state index in [1.807, 2.05) is 13.8 Å². The molecule has 0 unspecified atom stereocenters. The molecule has 0 atom stereocenters. The number of aromatic amines is 1. The van der Waals surface area contributed by atoms with E-state index in [1.54, 1.807) is 17.5 Å². The number of thiophene rings is 1. The Morgan fingerprint density at radius 3 is 2.38 bits per heavy atom. The van der Waals surface area contributed by atoms with Crippen LogP contribution >= 0.6 is 11.3 Å². The minimum absolute atomic E-state index is 0.0300. The van der Waals surface area contributed by atoms with E-state index in [4.69, 9.17) is 0 Å². The van der Waals surface area contributed by atoms with Gasteiger partial charge in [-0.05, 0) is 26.3 Å². The van der Waals surface area contributed by atoms with E-state index < -0.39 is 0 Å². The first-order valence-corrected chi connectivity index (χ1v) is 5.01. The molecule has 13 heavy (non-hydrogen) atoms. The molecule has 2 nitrogen and oxygen atoms in total. The number of aryl methyl sites for hydroxylation is 3. The lowest BCUT2D eigenvalue weighted by Gasteiger charge is -1.96. The average Bonchev–Trinajstić information content (AvgIpc) is 2.36. The molecule has 68 valence electrons. The van der Waals surface area contributed by atoms with Gasteiger partial charge in [0.15, 0.2) is 0 Å². The third-order valence-electron chi connectivity index (χ3n) is 2.30. The molecule has 0 aliphatic rings. The van der Waals surface area contributed by atoms with E-state index in [2.05, 4.69) is 11.9 Å². The largest absolute Gasteiger partial charge is 0.328 e. The molecule has 0 spiro atoms. The molecular formula is C10H11NOS. The monoisotopic (exact) mass is 193 g/mol. The highest BCUT2D eigenvalue weighted by Crippen LogP contribution is 2.29. The van der Waals surface area contributed by atoms with Gasteiger partial charge in [-0.25, -0.2) is 0 Å². The van der Waals surface area contributed by atoms with E-state index in [1.165, 1.54) is 4.88 Å². The summed E-state index contributed by atoms with van der Waals surface area (Å²) in [6.07, 6.45) is 1.78. The standard InChI is InChI=1S/C10H11NOS/c1-5-4-11-10(12)9-7(3)13-6(2)8(5)9/h4H,1-3H3,(H,11,12). The molecule has 2 heterocycles. The molecule has 0 saturated carbocycles. The van der Waals surface area contributed by atoms with Crippen LogP contribution in [0.3, 0.4) is 0 Å². The van der Waals surface area contributed by atoms with Crippen molar-refractivity contribution >= 4 is 22.1 Å². The summed E-state index contributed by atoms with van der Waals surface area (Å²) in [4.78, 5) is 16.6. The minimum atomic E-state index is 0.0300. The fourth-order valence-corrected chi connectivity index (χ4v) is 2.87. The quantitative estimate of drug-likeness (QED) is 0.685. The normalized spacial score (nSPS) is 11.0. The van der Waals surface area contributed by atoms with Gasteiger partial charge in [0.1, 0.15) is 0 Å². The van der Waals surface area contributed by atoms with E-state index in [-0.39, 0.29) is 5.56 Å². The summed E-state index contributed by atoms with van der Waals surface area (Å²) < 4.78 is 0. The van der Waals surface area contributed by atoms with Crippen LogP contribution in [-0.2, 0) is 0 Å². The molecule has 0 saturated heterocycles. The van der Waals surface area contributed by atoms with Crippen molar-refractivity contribution in [2.75, 3.05) is 0 Å². The predicted octanol–water partition coefficient (Wildman–Crippen LogP) is 2.51. The fraction of sp³-hybridized carbons (Fsp3) is 0.300.